The summed E-state index contributed by atoms with van der Waals surface area (Å²) in [5, 5.41) is 5.03. The van der Waals surface area contributed by atoms with Gasteiger partial charge in [-0.1, -0.05) is 49.4 Å². The summed E-state index contributed by atoms with van der Waals surface area (Å²) in [5.41, 5.74) is 0.747. The molecule has 32 heavy (non-hydrogen) atoms. The molecule has 0 unspecified atom stereocenters. The molecule has 1 aromatic heterocycles. The van der Waals surface area contributed by atoms with Gasteiger partial charge in [0.1, 0.15) is 12.4 Å². The van der Waals surface area contributed by atoms with Gasteiger partial charge in [-0.25, -0.2) is 4.98 Å². The third kappa shape index (κ3) is 5.30. The fraction of sp³-hybridized carbons (Fsp3) is 0.292. The zero-order chi connectivity index (χ0) is 23.5. The second-order valence-electron chi connectivity index (χ2n) is 8.06. The lowest BCUT2D eigenvalue weighted by molar-refractivity contribution is 0.296. The summed E-state index contributed by atoms with van der Waals surface area (Å²) in [5.74, 6) is 1.75. The van der Waals surface area contributed by atoms with Crippen molar-refractivity contribution in [1.82, 2.24) is 9.66 Å². The first kappa shape index (κ1) is 24.2. The number of hydrogen-bond acceptors (Lipinski definition) is 5. The van der Waals surface area contributed by atoms with E-state index in [1.54, 1.807) is 18.4 Å². The Morgan fingerprint density at radius 3 is 2.53 bits per heavy atom. The summed E-state index contributed by atoms with van der Waals surface area (Å²) in [6.07, 6.45) is 3.29. The van der Waals surface area contributed by atoms with Gasteiger partial charge in [-0.15, -0.1) is 0 Å². The van der Waals surface area contributed by atoms with Crippen molar-refractivity contribution in [2.75, 3.05) is 13.2 Å². The maximum absolute atomic E-state index is 13.3. The second kappa shape index (κ2) is 10.0. The normalized spacial score (nSPS) is 11.8. The lowest BCUT2D eigenvalue weighted by Gasteiger charge is -2.21. The van der Waals surface area contributed by atoms with E-state index in [4.69, 9.17) is 14.5 Å². The number of fused-ring (bicyclic) bond motifs is 1. The van der Waals surface area contributed by atoms with Crippen LogP contribution in [0.3, 0.4) is 0 Å². The number of rotatable bonds is 7. The van der Waals surface area contributed by atoms with Crippen LogP contribution in [-0.4, -0.2) is 29.1 Å². The minimum atomic E-state index is -0.395. The van der Waals surface area contributed by atoms with E-state index in [0.29, 0.717) is 41.4 Å². The molecule has 0 atom stereocenters. The van der Waals surface area contributed by atoms with Crippen molar-refractivity contribution >= 4 is 49.0 Å². The van der Waals surface area contributed by atoms with E-state index in [1.807, 2.05) is 52.0 Å². The van der Waals surface area contributed by atoms with Crippen LogP contribution in [0, 0.1) is 0 Å². The largest absolute Gasteiger partial charge is 0.490 e. The third-order valence-electron chi connectivity index (χ3n) is 4.51. The Labute approximate surface area is 204 Å². The first-order valence-electron chi connectivity index (χ1n) is 10.1. The maximum Gasteiger partial charge on any atom is 0.282 e. The summed E-state index contributed by atoms with van der Waals surface area (Å²) in [7, 11) is 0. The van der Waals surface area contributed by atoms with Gasteiger partial charge in [0.05, 0.1) is 23.7 Å². The van der Waals surface area contributed by atoms with Crippen LogP contribution >= 0.6 is 31.9 Å². The SMILES string of the molecule is C=CCOc1cc(Br)c(C=Nn2c(C(C)(C)C)nc3ccc(Br)cc3c2=O)cc1OCC. The molecule has 168 valence electrons. The highest BCUT2D eigenvalue weighted by Gasteiger charge is 2.23. The highest BCUT2D eigenvalue weighted by atomic mass is 79.9. The summed E-state index contributed by atoms with van der Waals surface area (Å²) in [6.45, 7) is 12.4. The molecule has 0 saturated carbocycles. The lowest BCUT2D eigenvalue weighted by Crippen LogP contribution is -2.29. The van der Waals surface area contributed by atoms with Gasteiger partial charge in [0.25, 0.3) is 5.56 Å². The summed E-state index contributed by atoms with van der Waals surface area (Å²) in [4.78, 5) is 18.1. The van der Waals surface area contributed by atoms with Gasteiger partial charge in [-0.05, 0) is 53.2 Å². The van der Waals surface area contributed by atoms with Crippen LogP contribution in [0.5, 0.6) is 11.5 Å². The summed E-state index contributed by atoms with van der Waals surface area (Å²) >= 11 is 6.99. The number of nitrogens with zero attached hydrogens (tertiary/aromatic N) is 3. The average Bonchev–Trinajstić information content (AvgIpc) is 2.73. The molecule has 0 N–H and O–H groups in total. The first-order chi connectivity index (χ1) is 15.2. The molecule has 3 aromatic rings. The maximum atomic E-state index is 13.3. The Hall–Kier alpha value is -2.45. The average molecular weight is 563 g/mol. The molecule has 0 aliphatic heterocycles. The van der Waals surface area contributed by atoms with Gasteiger partial charge in [0.15, 0.2) is 11.5 Å². The Morgan fingerprint density at radius 1 is 1.16 bits per heavy atom. The Bertz CT molecular complexity index is 1240. The van der Waals surface area contributed by atoms with Crippen molar-refractivity contribution in [3.63, 3.8) is 0 Å². The van der Waals surface area contributed by atoms with Crippen LogP contribution in [0.25, 0.3) is 10.9 Å². The smallest absolute Gasteiger partial charge is 0.282 e. The Morgan fingerprint density at radius 2 is 1.88 bits per heavy atom. The minimum Gasteiger partial charge on any atom is -0.490 e. The van der Waals surface area contributed by atoms with Crippen LogP contribution in [0.4, 0.5) is 0 Å². The molecule has 0 saturated heterocycles. The lowest BCUT2D eigenvalue weighted by atomic mass is 9.95. The molecule has 8 heteroatoms. The zero-order valence-corrected chi connectivity index (χ0v) is 21.7. The van der Waals surface area contributed by atoms with Gasteiger partial charge in [-0.2, -0.15) is 9.78 Å². The van der Waals surface area contributed by atoms with Crippen molar-refractivity contribution in [3.05, 3.63) is 73.7 Å². The molecule has 0 spiro atoms. The predicted molar refractivity (Wildman–Crippen MR) is 136 cm³/mol. The van der Waals surface area contributed by atoms with Crippen molar-refractivity contribution in [2.24, 2.45) is 5.10 Å². The Balaban J connectivity index is 2.15. The molecule has 0 aliphatic carbocycles. The molecule has 0 aliphatic rings. The van der Waals surface area contributed by atoms with Crippen LogP contribution in [0.15, 0.2) is 61.8 Å². The number of ether oxygens (including phenoxy) is 2. The van der Waals surface area contributed by atoms with Crippen molar-refractivity contribution in [3.8, 4) is 11.5 Å². The van der Waals surface area contributed by atoms with E-state index >= 15 is 0 Å². The third-order valence-corrected chi connectivity index (χ3v) is 5.69. The van der Waals surface area contributed by atoms with E-state index in [0.717, 1.165) is 14.5 Å². The molecule has 0 bridgehead atoms. The molecule has 0 amide bonds. The van der Waals surface area contributed by atoms with E-state index in [9.17, 15) is 4.79 Å². The standard InChI is InChI=1S/C24H25Br2N3O3/c1-6-10-32-21-13-18(26)15(11-20(21)31-7-2)14-27-29-22(30)17-12-16(25)8-9-19(17)28-23(29)24(3,4)5/h6,8-9,11-14H,1,7,10H2,2-5H3. The van der Waals surface area contributed by atoms with Crippen molar-refractivity contribution < 1.29 is 9.47 Å². The fourth-order valence-corrected chi connectivity index (χ4v) is 3.83. The van der Waals surface area contributed by atoms with Gasteiger partial charge in [-0.3, -0.25) is 4.79 Å². The Kier molecular flexibility index (Phi) is 7.56. The quantitative estimate of drug-likeness (QED) is 0.259. The summed E-state index contributed by atoms with van der Waals surface area (Å²) in [6, 6.07) is 9.10. The van der Waals surface area contributed by atoms with Gasteiger partial charge in [0.2, 0.25) is 0 Å². The minimum absolute atomic E-state index is 0.232. The molecular weight excluding hydrogens is 538 g/mol. The van der Waals surface area contributed by atoms with E-state index in [-0.39, 0.29) is 5.56 Å². The summed E-state index contributed by atoms with van der Waals surface area (Å²) < 4.78 is 14.3. The number of benzene rings is 2. The van der Waals surface area contributed by atoms with E-state index in [1.165, 1.54) is 4.68 Å². The van der Waals surface area contributed by atoms with Crippen molar-refractivity contribution in [2.45, 2.75) is 33.1 Å². The first-order valence-corrected chi connectivity index (χ1v) is 11.7. The van der Waals surface area contributed by atoms with Gasteiger partial charge < -0.3 is 9.47 Å². The molecular formula is C24H25Br2N3O3. The van der Waals surface area contributed by atoms with Crippen LogP contribution in [0.1, 0.15) is 39.1 Å². The van der Waals surface area contributed by atoms with Crippen LogP contribution in [0.2, 0.25) is 0 Å². The zero-order valence-electron chi connectivity index (χ0n) is 18.5. The van der Waals surface area contributed by atoms with Crippen LogP contribution < -0.4 is 15.0 Å². The highest BCUT2D eigenvalue weighted by Crippen LogP contribution is 2.33. The predicted octanol–water partition coefficient (Wildman–Crippen LogP) is 6.06. The van der Waals surface area contributed by atoms with Crippen LogP contribution in [-0.2, 0) is 5.41 Å². The number of aromatic nitrogens is 2. The molecule has 6 nitrogen and oxygen atoms in total. The number of halogens is 2. The molecule has 1 heterocycles. The molecule has 3 rings (SSSR count). The van der Waals surface area contributed by atoms with E-state index in [2.05, 4.69) is 43.5 Å². The fourth-order valence-electron chi connectivity index (χ4n) is 3.04. The molecule has 0 fully saturated rings. The second-order valence-corrected chi connectivity index (χ2v) is 9.83. The monoisotopic (exact) mass is 561 g/mol. The topological polar surface area (TPSA) is 65.7 Å². The number of hydrogen-bond donors (Lipinski definition) is 0. The highest BCUT2D eigenvalue weighted by molar-refractivity contribution is 9.10. The van der Waals surface area contributed by atoms with E-state index < -0.39 is 5.41 Å². The molecule has 0 radical (unpaired) electrons. The van der Waals surface area contributed by atoms with Crippen molar-refractivity contribution in [1.29, 1.82) is 0 Å². The van der Waals surface area contributed by atoms with Gasteiger partial charge in [0, 0.05) is 19.9 Å². The molecule has 2 aromatic carbocycles. The van der Waals surface area contributed by atoms with Gasteiger partial charge >= 0.3 is 0 Å².